The Morgan fingerprint density at radius 2 is 1.39 bits per heavy atom. The van der Waals surface area contributed by atoms with E-state index in [9.17, 15) is 9.59 Å². The third-order valence-corrected chi connectivity index (χ3v) is 5.98. The second-order valence-electron chi connectivity index (χ2n) is 8.03. The van der Waals surface area contributed by atoms with E-state index in [0.717, 1.165) is 30.0 Å². The monoisotopic (exact) mass is 377 g/mol. The van der Waals surface area contributed by atoms with Crippen molar-refractivity contribution in [1.82, 2.24) is 0 Å². The Kier molecular flexibility index (Phi) is 4.84. The van der Waals surface area contributed by atoms with Crippen LogP contribution in [0.3, 0.4) is 0 Å². The summed E-state index contributed by atoms with van der Waals surface area (Å²) in [5.74, 6) is -0.440. The zero-order chi connectivity index (χ0) is 19.7. The Morgan fingerprint density at radius 1 is 0.821 bits per heavy atom. The molecule has 0 atom stereocenters. The third kappa shape index (κ3) is 3.61. The Labute approximate surface area is 166 Å². The first-order chi connectivity index (χ1) is 13.5. The van der Waals surface area contributed by atoms with Gasteiger partial charge in [-0.3, -0.25) is 9.59 Å². The molecule has 2 amide bonds. The zero-order valence-corrected chi connectivity index (χ0v) is 16.5. The number of hydrogen-bond donors (Lipinski definition) is 2. The first kappa shape index (κ1) is 18.5. The summed E-state index contributed by atoms with van der Waals surface area (Å²) < 4.78 is 0. The Hall–Kier alpha value is -2.82. The molecule has 28 heavy (non-hydrogen) atoms. The SMILES string of the molecule is Cc1ccc(NC(=O)C2(C(=O)Nc3ccc(N4CCCC4)cc3)CC2)cc1C. The Morgan fingerprint density at radius 3 is 1.96 bits per heavy atom. The minimum absolute atomic E-state index is 0.220. The first-order valence-corrected chi connectivity index (χ1v) is 10.0. The quantitative estimate of drug-likeness (QED) is 0.766. The molecule has 1 saturated carbocycles. The highest BCUT2D eigenvalue weighted by Gasteiger charge is 2.56. The van der Waals surface area contributed by atoms with E-state index in [1.807, 2.05) is 56.3 Å². The maximum Gasteiger partial charge on any atom is 0.240 e. The van der Waals surface area contributed by atoms with Crippen molar-refractivity contribution in [3.05, 3.63) is 53.6 Å². The van der Waals surface area contributed by atoms with Crippen molar-refractivity contribution < 1.29 is 9.59 Å². The number of benzene rings is 2. The van der Waals surface area contributed by atoms with Crippen LogP contribution in [0.4, 0.5) is 17.1 Å². The predicted molar refractivity (Wildman–Crippen MR) is 113 cm³/mol. The van der Waals surface area contributed by atoms with Crippen LogP contribution in [0.15, 0.2) is 42.5 Å². The summed E-state index contributed by atoms with van der Waals surface area (Å²) in [4.78, 5) is 27.9. The maximum atomic E-state index is 12.8. The summed E-state index contributed by atoms with van der Waals surface area (Å²) in [5.41, 5.74) is 4.00. The summed E-state index contributed by atoms with van der Waals surface area (Å²) in [6.07, 6.45) is 3.63. The molecule has 1 heterocycles. The minimum Gasteiger partial charge on any atom is -0.372 e. The standard InChI is InChI=1S/C23H27N3O2/c1-16-5-6-19(15-17(16)2)25-22(28)23(11-12-23)21(27)24-18-7-9-20(10-8-18)26-13-3-4-14-26/h5-10,15H,3-4,11-14H2,1-2H3,(H,24,27)(H,25,28). The van der Waals surface area contributed by atoms with Crippen LogP contribution in [0, 0.1) is 19.3 Å². The highest BCUT2D eigenvalue weighted by molar-refractivity contribution is 6.16. The molecule has 0 spiro atoms. The highest BCUT2D eigenvalue weighted by Crippen LogP contribution is 2.47. The molecule has 1 aliphatic heterocycles. The van der Waals surface area contributed by atoms with E-state index in [1.165, 1.54) is 24.1 Å². The second kappa shape index (κ2) is 7.30. The van der Waals surface area contributed by atoms with Crippen molar-refractivity contribution in [2.24, 2.45) is 5.41 Å². The van der Waals surface area contributed by atoms with Gasteiger partial charge < -0.3 is 15.5 Å². The number of aryl methyl sites for hydroxylation is 2. The van der Waals surface area contributed by atoms with E-state index in [2.05, 4.69) is 15.5 Å². The summed E-state index contributed by atoms with van der Waals surface area (Å²) >= 11 is 0. The van der Waals surface area contributed by atoms with Crippen LogP contribution in [-0.4, -0.2) is 24.9 Å². The van der Waals surface area contributed by atoms with Crippen LogP contribution in [-0.2, 0) is 9.59 Å². The van der Waals surface area contributed by atoms with Crippen LogP contribution in [0.25, 0.3) is 0 Å². The van der Waals surface area contributed by atoms with Crippen molar-refractivity contribution in [3.63, 3.8) is 0 Å². The van der Waals surface area contributed by atoms with Crippen LogP contribution < -0.4 is 15.5 Å². The zero-order valence-electron chi connectivity index (χ0n) is 16.5. The van der Waals surface area contributed by atoms with E-state index in [4.69, 9.17) is 0 Å². The average Bonchev–Trinajstić information content (AvgIpc) is 3.33. The number of nitrogens with zero attached hydrogens (tertiary/aromatic N) is 1. The van der Waals surface area contributed by atoms with Crippen molar-refractivity contribution >= 4 is 28.9 Å². The van der Waals surface area contributed by atoms with Crippen LogP contribution in [0.5, 0.6) is 0 Å². The lowest BCUT2D eigenvalue weighted by molar-refractivity contribution is -0.131. The largest absolute Gasteiger partial charge is 0.372 e. The number of rotatable bonds is 5. The van der Waals surface area contributed by atoms with Gasteiger partial charge in [0.15, 0.2) is 0 Å². The number of anilines is 3. The molecular formula is C23H27N3O2. The van der Waals surface area contributed by atoms with E-state index in [-0.39, 0.29) is 11.8 Å². The number of amides is 2. The fourth-order valence-electron chi connectivity index (χ4n) is 3.73. The van der Waals surface area contributed by atoms with Gasteiger partial charge in [0.1, 0.15) is 5.41 Å². The maximum absolute atomic E-state index is 12.8. The molecule has 0 bridgehead atoms. The van der Waals surface area contributed by atoms with Crippen LogP contribution in [0.2, 0.25) is 0 Å². The van der Waals surface area contributed by atoms with Crippen molar-refractivity contribution in [1.29, 1.82) is 0 Å². The van der Waals surface area contributed by atoms with Crippen molar-refractivity contribution in [3.8, 4) is 0 Å². The fourth-order valence-corrected chi connectivity index (χ4v) is 3.73. The van der Waals surface area contributed by atoms with Gasteiger partial charge >= 0.3 is 0 Å². The molecule has 1 aliphatic carbocycles. The fraction of sp³-hybridized carbons (Fsp3) is 0.391. The summed E-state index contributed by atoms with van der Waals surface area (Å²) in [6.45, 7) is 6.23. The first-order valence-electron chi connectivity index (χ1n) is 10.0. The van der Waals surface area contributed by atoms with Gasteiger partial charge in [-0.2, -0.15) is 0 Å². The van der Waals surface area contributed by atoms with Gasteiger partial charge in [-0.15, -0.1) is 0 Å². The predicted octanol–water partition coefficient (Wildman–Crippen LogP) is 4.26. The molecule has 4 rings (SSSR count). The molecule has 2 aliphatic rings. The summed E-state index contributed by atoms with van der Waals surface area (Å²) in [7, 11) is 0. The molecule has 2 N–H and O–H groups in total. The molecule has 2 aromatic rings. The molecule has 0 radical (unpaired) electrons. The van der Waals surface area contributed by atoms with E-state index in [1.54, 1.807) is 0 Å². The van der Waals surface area contributed by atoms with Gasteiger partial charge in [-0.05, 0) is 87.1 Å². The normalized spacial score (nSPS) is 17.3. The van der Waals surface area contributed by atoms with Crippen LogP contribution in [0.1, 0.15) is 36.8 Å². The van der Waals surface area contributed by atoms with Gasteiger partial charge in [0, 0.05) is 30.2 Å². The number of hydrogen-bond acceptors (Lipinski definition) is 3. The van der Waals surface area contributed by atoms with E-state index < -0.39 is 5.41 Å². The van der Waals surface area contributed by atoms with Gasteiger partial charge in [0.25, 0.3) is 0 Å². The van der Waals surface area contributed by atoms with Gasteiger partial charge in [-0.1, -0.05) is 6.07 Å². The van der Waals surface area contributed by atoms with Gasteiger partial charge in [0.2, 0.25) is 11.8 Å². The number of nitrogens with one attached hydrogen (secondary N) is 2. The van der Waals surface area contributed by atoms with Crippen LogP contribution >= 0.6 is 0 Å². The second-order valence-corrected chi connectivity index (χ2v) is 8.03. The Bertz CT molecular complexity index is 895. The lowest BCUT2D eigenvalue weighted by atomic mass is 10.0. The molecule has 1 saturated heterocycles. The molecule has 2 fully saturated rings. The smallest absolute Gasteiger partial charge is 0.240 e. The lowest BCUT2D eigenvalue weighted by Gasteiger charge is -2.19. The molecule has 146 valence electrons. The van der Waals surface area contributed by atoms with Crippen molar-refractivity contribution in [2.45, 2.75) is 39.5 Å². The highest BCUT2D eigenvalue weighted by atomic mass is 16.2. The summed E-state index contributed by atoms with van der Waals surface area (Å²) in [5, 5.41) is 5.85. The lowest BCUT2D eigenvalue weighted by Crippen LogP contribution is -2.35. The molecule has 0 aromatic heterocycles. The van der Waals surface area contributed by atoms with E-state index >= 15 is 0 Å². The number of carbonyl (C=O) groups excluding carboxylic acids is 2. The topological polar surface area (TPSA) is 61.4 Å². The molecule has 5 nitrogen and oxygen atoms in total. The van der Waals surface area contributed by atoms with Gasteiger partial charge in [-0.25, -0.2) is 0 Å². The minimum atomic E-state index is -0.952. The Balaban J connectivity index is 1.40. The molecular weight excluding hydrogens is 350 g/mol. The average molecular weight is 377 g/mol. The van der Waals surface area contributed by atoms with Crippen molar-refractivity contribution in [2.75, 3.05) is 28.6 Å². The number of carbonyl (C=O) groups is 2. The molecule has 2 aromatic carbocycles. The molecule has 5 heteroatoms. The summed E-state index contributed by atoms with van der Waals surface area (Å²) in [6, 6.07) is 13.7. The third-order valence-electron chi connectivity index (χ3n) is 5.98. The van der Waals surface area contributed by atoms with E-state index in [0.29, 0.717) is 12.8 Å². The molecule has 0 unspecified atom stereocenters. The van der Waals surface area contributed by atoms with Gasteiger partial charge in [0.05, 0.1) is 0 Å².